The van der Waals surface area contributed by atoms with Crippen molar-refractivity contribution in [3.05, 3.63) is 51.6 Å². The van der Waals surface area contributed by atoms with E-state index in [9.17, 15) is 8.78 Å². The predicted molar refractivity (Wildman–Crippen MR) is 69.0 cm³/mol. The van der Waals surface area contributed by atoms with Crippen molar-refractivity contribution < 1.29 is 18.6 Å². The van der Waals surface area contributed by atoms with Crippen LogP contribution in [0.5, 0.6) is 11.6 Å². The number of aromatic nitrogens is 1. The van der Waals surface area contributed by atoms with Gasteiger partial charge in [0.1, 0.15) is 0 Å². The average Bonchev–Trinajstić information content (AvgIpc) is 2.37. The lowest BCUT2D eigenvalue weighted by atomic mass is 10.2. The molecule has 1 heterocycles. The van der Waals surface area contributed by atoms with Crippen LogP contribution in [0.4, 0.5) is 8.78 Å². The van der Waals surface area contributed by atoms with E-state index in [0.717, 1.165) is 6.07 Å². The van der Waals surface area contributed by atoms with E-state index in [1.54, 1.807) is 13.0 Å². The van der Waals surface area contributed by atoms with Gasteiger partial charge in [0.2, 0.25) is 11.7 Å². The Morgan fingerprint density at radius 2 is 2.05 bits per heavy atom. The van der Waals surface area contributed by atoms with Gasteiger partial charge in [-0.3, -0.25) is 0 Å². The molecule has 19 heavy (non-hydrogen) atoms. The molecule has 1 aromatic carbocycles. The van der Waals surface area contributed by atoms with Crippen molar-refractivity contribution in [2.75, 3.05) is 0 Å². The number of hydrogen-bond acceptors (Lipinski definition) is 3. The Labute approximate surface area is 117 Å². The third-order valence-electron chi connectivity index (χ3n) is 2.44. The van der Waals surface area contributed by atoms with Gasteiger partial charge in [0, 0.05) is 16.2 Å². The predicted octanol–water partition coefficient (Wildman–Crippen LogP) is 3.72. The van der Waals surface area contributed by atoms with Gasteiger partial charge in [0.15, 0.2) is 11.6 Å². The zero-order valence-corrected chi connectivity index (χ0v) is 11.5. The molecule has 0 spiro atoms. The first-order valence-electron chi connectivity index (χ1n) is 5.40. The maximum Gasteiger partial charge on any atom is 0.222 e. The molecule has 2 rings (SSSR count). The highest BCUT2D eigenvalue weighted by molar-refractivity contribution is 9.10. The Bertz CT molecular complexity index is 620. The second kappa shape index (κ2) is 5.63. The minimum Gasteiger partial charge on any atom is -0.436 e. The van der Waals surface area contributed by atoms with Gasteiger partial charge in [0.05, 0.1) is 6.61 Å². The highest BCUT2D eigenvalue weighted by atomic mass is 79.9. The normalized spacial score (nSPS) is 10.6. The van der Waals surface area contributed by atoms with Gasteiger partial charge in [-0.25, -0.2) is 9.37 Å². The molecule has 100 valence electrons. The molecule has 0 atom stereocenters. The summed E-state index contributed by atoms with van der Waals surface area (Å²) in [4.78, 5) is 3.96. The van der Waals surface area contributed by atoms with Gasteiger partial charge >= 0.3 is 0 Å². The fourth-order valence-corrected chi connectivity index (χ4v) is 1.93. The SMILES string of the molecule is Cc1cc(CO)cnc1Oc1cc(Br)cc(F)c1F. The summed E-state index contributed by atoms with van der Waals surface area (Å²) >= 11 is 3.06. The van der Waals surface area contributed by atoms with Crippen molar-refractivity contribution in [1.29, 1.82) is 0 Å². The summed E-state index contributed by atoms with van der Waals surface area (Å²) in [5.41, 5.74) is 1.23. The summed E-state index contributed by atoms with van der Waals surface area (Å²) in [5.74, 6) is -2.17. The van der Waals surface area contributed by atoms with Crippen molar-refractivity contribution in [3.63, 3.8) is 0 Å². The smallest absolute Gasteiger partial charge is 0.222 e. The van der Waals surface area contributed by atoms with Crippen LogP contribution in [0.1, 0.15) is 11.1 Å². The largest absolute Gasteiger partial charge is 0.436 e. The Hall–Kier alpha value is -1.53. The number of hydrogen-bond donors (Lipinski definition) is 1. The molecule has 0 saturated carbocycles. The van der Waals surface area contributed by atoms with E-state index in [2.05, 4.69) is 20.9 Å². The van der Waals surface area contributed by atoms with Gasteiger partial charge in [-0.2, -0.15) is 4.39 Å². The summed E-state index contributed by atoms with van der Waals surface area (Å²) in [5, 5.41) is 8.96. The molecule has 0 radical (unpaired) electrons. The molecule has 3 nitrogen and oxygen atoms in total. The molecule has 6 heteroatoms. The molecule has 0 amide bonds. The number of ether oxygens (including phenoxy) is 1. The summed E-state index contributed by atoms with van der Waals surface area (Å²) in [6.45, 7) is 1.56. The van der Waals surface area contributed by atoms with E-state index in [4.69, 9.17) is 9.84 Å². The van der Waals surface area contributed by atoms with Crippen LogP contribution < -0.4 is 4.74 Å². The van der Waals surface area contributed by atoms with Crippen molar-refractivity contribution >= 4 is 15.9 Å². The summed E-state index contributed by atoms with van der Waals surface area (Å²) < 4.78 is 32.4. The second-order valence-electron chi connectivity index (χ2n) is 3.93. The molecular formula is C13H10BrF2NO2. The van der Waals surface area contributed by atoms with Crippen LogP contribution >= 0.6 is 15.9 Å². The fraction of sp³-hybridized carbons (Fsp3) is 0.154. The zero-order valence-electron chi connectivity index (χ0n) is 9.95. The number of rotatable bonds is 3. The second-order valence-corrected chi connectivity index (χ2v) is 4.84. The van der Waals surface area contributed by atoms with Crippen molar-refractivity contribution in [3.8, 4) is 11.6 Å². The highest BCUT2D eigenvalue weighted by Gasteiger charge is 2.14. The van der Waals surface area contributed by atoms with Gasteiger partial charge in [-0.05, 0) is 30.7 Å². The Balaban J connectivity index is 2.36. The number of nitrogens with zero attached hydrogens (tertiary/aromatic N) is 1. The quantitative estimate of drug-likeness (QED) is 0.873. The Morgan fingerprint density at radius 1 is 1.32 bits per heavy atom. The van der Waals surface area contributed by atoms with E-state index < -0.39 is 11.6 Å². The number of pyridine rings is 1. The lowest BCUT2D eigenvalue weighted by Gasteiger charge is -2.10. The van der Waals surface area contributed by atoms with Gasteiger partial charge in [-0.15, -0.1) is 0 Å². The topological polar surface area (TPSA) is 42.4 Å². The summed E-state index contributed by atoms with van der Waals surface area (Å²) in [6, 6.07) is 3.99. The Morgan fingerprint density at radius 3 is 2.68 bits per heavy atom. The highest BCUT2D eigenvalue weighted by Crippen LogP contribution is 2.30. The minimum atomic E-state index is -1.07. The van der Waals surface area contributed by atoms with Crippen LogP contribution in [0, 0.1) is 18.6 Å². The molecule has 0 unspecified atom stereocenters. The van der Waals surface area contributed by atoms with Crippen LogP contribution in [0.15, 0.2) is 28.9 Å². The summed E-state index contributed by atoms with van der Waals surface area (Å²) in [7, 11) is 0. The first-order valence-corrected chi connectivity index (χ1v) is 6.19. The first-order chi connectivity index (χ1) is 9.01. The number of aliphatic hydroxyl groups excluding tert-OH is 1. The average molecular weight is 330 g/mol. The maximum atomic E-state index is 13.6. The molecule has 0 aliphatic rings. The molecule has 1 N–H and O–H groups in total. The van der Waals surface area contributed by atoms with E-state index in [0.29, 0.717) is 15.6 Å². The van der Waals surface area contributed by atoms with Crippen LogP contribution in [0.3, 0.4) is 0 Å². The number of halogens is 3. The van der Waals surface area contributed by atoms with Crippen molar-refractivity contribution in [2.45, 2.75) is 13.5 Å². The van der Waals surface area contributed by atoms with Gasteiger partial charge < -0.3 is 9.84 Å². The minimum absolute atomic E-state index is 0.145. The van der Waals surface area contributed by atoms with Crippen LogP contribution in [0.25, 0.3) is 0 Å². The van der Waals surface area contributed by atoms with E-state index in [1.807, 2.05) is 0 Å². The fourth-order valence-electron chi connectivity index (χ4n) is 1.52. The lowest BCUT2D eigenvalue weighted by molar-refractivity contribution is 0.281. The van der Waals surface area contributed by atoms with Crippen LogP contribution in [0.2, 0.25) is 0 Å². The molecule has 1 aromatic heterocycles. The van der Waals surface area contributed by atoms with Crippen LogP contribution in [-0.4, -0.2) is 10.1 Å². The molecule has 0 fully saturated rings. The van der Waals surface area contributed by atoms with E-state index >= 15 is 0 Å². The maximum absolute atomic E-state index is 13.6. The van der Waals surface area contributed by atoms with Crippen LogP contribution in [-0.2, 0) is 6.61 Å². The molecule has 0 saturated heterocycles. The number of aryl methyl sites for hydroxylation is 1. The molecule has 0 aliphatic carbocycles. The van der Waals surface area contributed by atoms with Crippen molar-refractivity contribution in [1.82, 2.24) is 4.98 Å². The standard InChI is InChI=1S/C13H10BrF2NO2/c1-7-2-8(6-18)5-17-13(7)19-11-4-9(14)3-10(15)12(11)16/h2-5,18H,6H2,1H3. The number of benzene rings is 1. The van der Waals surface area contributed by atoms with Crippen molar-refractivity contribution in [2.24, 2.45) is 0 Å². The van der Waals surface area contributed by atoms with E-state index in [1.165, 1.54) is 12.3 Å². The molecule has 0 aliphatic heterocycles. The number of aliphatic hydroxyl groups is 1. The van der Waals surface area contributed by atoms with Gasteiger partial charge in [0.25, 0.3) is 0 Å². The van der Waals surface area contributed by atoms with E-state index in [-0.39, 0.29) is 18.2 Å². The van der Waals surface area contributed by atoms with Gasteiger partial charge in [-0.1, -0.05) is 15.9 Å². The first kappa shape index (κ1) is 13.9. The summed E-state index contributed by atoms with van der Waals surface area (Å²) in [6.07, 6.45) is 1.41. The lowest BCUT2D eigenvalue weighted by Crippen LogP contribution is -1.97. The Kier molecular flexibility index (Phi) is 4.11. The third-order valence-corrected chi connectivity index (χ3v) is 2.89. The molecule has 2 aromatic rings. The molecular weight excluding hydrogens is 320 g/mol. The monoisotopic (exact) mass is 329 g/mol. The zero-order chi connectivity index (χ0) is 14.0. The molecule has 0 bridgehead atoms. The third kappa shape index (κ3) is 3.08.